The van der Waals surface area contributed by atoms with Crippen LogP contribution in [0.1, 0.15) is 19.4 Å². The van der Waals surface area contributed by atoms with E-state index in [1.54, 1.807) is 19.1 Å². The molecule has 1 atom stereocenters. The Kier molecular flexibility index (Phi) is 6.02. The van der Waals surface area contributed by atoms with Crippen molar-refractivity contribution in [3.8, 4) is 5.75 Å². The van der Waals surface area contributed by atoms with E-state index in [1.165, 1.54) is 0 Å². The van der Waals surface area contributed by atoms with Crippen LogP contribution in [-0.2, 0) is 11.3 Å². The Morgan fingerprint density at radius 3 is 2.67 bits per heavy atom. The monoisotopic (exact) mass is 293 g/mol. The molecule has 0 saturated heterocycles. The van der Waals surface area contributed by atoms with E-state index in [2.05, 4.69) is 5.16 Å². The Labute approximate surface area is 125 Å². The summed E-state index contributed by atoms with van der Waals surface area (Å²) < 4.78 is 5.16. The number of amides is 1. The SMILES string of the molecule is COc1cccc(CN(C)C(=O)C(C(N)=NO)C(C)C)c1. The second-order valence-corrected chi connectivity index (χ2v) is 5.29. The third-order valence-corrected chi connectivity index (χ3v) is 3.30. The van der Waals surface area contributed by atoms with Gasteiger partial charge in [-0.05, 0) is 23.6 Å². The highest BCUT2D eigenvalue weighted by molar-refractivity contribution is 6.02. The summed E-state index contributed by atoms with van der Waals surface area (Å²) in [5.74, 6) is -0.187. The Balaban J connectivity index is 2.86. The first-order valence-electron chi connectivity index (χ1n) is 6.76. The number of nitrogens with zero attached hydrogens (tertiary/aromatic N) is 2. The molecule has 0 aromatic heterocycles. The molecule has 0 spiro atoms. The smallest absolute Gasteiger partial charge is 0.233 e. The van der Waals surface area contributed by atoms with Gasteiger partial charge in [-0.2, -0.15) is 0 Å². The number of hydrogen-bond donors (Lipinski definition) is 2. The average Bonchev–Trinajstić information content (AvgIpc) is 2.46. The second kappa shape index (κ2) is 7.52. The van der Waals surface area contributed by atoms with E-state index in [0.29, 0.717) is 6.54 Å². The quantitative estimate of drug-likeness (QED) is 0.361. The van der Waals surface area contributed by atoms with Gasteiger partial charge in [0.15, 0.2) is 5.84 Å². The molecule has 0 heterocycles. The predicted octanol–water partition coefficient (Wildman–Crippen LogP) is 1.67. The van der Waals surface area contributed by atoms with E-state index in [-0.39, 0.29) is 17.7 Å². The van der Waals surface area contributed by atoms with Gasteiger partial charge in [-0.3, -0.25) is 4.79 Å². The maximum atomic E-state index is 12.5. The number of rotatable bonds is 6. The van der Waals surface area contributed by atoms with E-state index in [0.717, 1.165) is 11.3 Å². The summed E-state index contributed by atoms with van der Waals surface area (Å²) in [7, 11) is 3.29. The summed E-state index contributed by atoms with van der Waals surface area (Å²) in [6, 6.07) is 7.51. The topological polar surface area (TPSA) is 88.2 Å². The molecule has 1 aromatic carbocycles. The molecule has 0 bridgehead atoms. The molecule has 6 nitrogen and oxygen atoms in total. The van der Waals surface area contributed by atoms with Crippen molar-refractivity contribution >= 4 is 11.7 Å². The van der Waals surface area contributed by atoms with E-state index >= 15 is 0 Å². The van der Waals surface area contributed by atoms with E-state index in [1.807, 2.05) is 38.1 Å². The first-order valence-corrected chi connectivity index (χ1v) is 6.76. The molecule has 0 aliphatic rings. The summed E-state index contributed by atoms with van der Waals surface area (Å²) in [4.78, 5) is 14.0. The minimum atomic E-state index is -0.634. The summed E-state index contributed by atoms with van der Waals surface area (Å²) in [6.45, 7) is 4.15. The molecular formula is C15H23N3O3. The lowest BCUT2D eigenvalue weighted by Crippen LogP contribution is -2.42. The fraction of sp³-hybridized carbons (Fsp3) is 0.467. The fourth-order valence-electron chi connectivity index (χ4n) is 2.18. The highest BCUT2D eigenvalue weighted by Gasteiger charge is 2.29. The van der Waals surface area contributed by atoms with Gasteiger partial charge < -0.3 is 20.6 Å². The average molecular weight is 293 g/mol. The van der Waals surface area contributed by atoms with Gasteiger partial charge in [0.05, 0.1) is 7.11 Å². The van der Waals surface area contributed by atoms with Crippen LogP contribution in [0.4, 0.5) is 0 Å². The zero-order chi connectivity index (χ0) is 16.0. The van der Waals surface area contributed by atoms with Gasteiger partial charge in [-0.1, -0.05) is 31.1 Å². The molecular weight excluding hydrogens is 270 g/mol. The number of oxime groups is 1. The van der Waals surface area contributed by atoms with Crippen molar-refractivity contribution in [1.29, 1.82) is 0 Å². The van der Waals surface area contributed by atoms with Crippen LogP contribution in [0, 0.1) is 11.8 Å². The molecule has 0 aliphatic heterocycles. The summed E-state index contributed by atoms with van der Waals surface area (Å²) >= 11 is 0. The van der Waals surface area contributed by atoms with Crippen LogP contribution < -0.4 is 10.5 Å². The van der Waals surface area contributed by atoms with Crippen molar-refractivity contribution in [2.75, 3.05) is 14.2 Å². The summed E-state index contributed by atoms with van der Waals surface area (Å²) in [6.07, 6.45) is 0. The Hall–Kier alpha value is -2.24. The Morgan fingerprint density at radius 1 is 1.48 bits per heavy atom. The number of carbonyl (C=O) groups excluding carboxylic acids is 1. The predicted molar refractivity (Wildman–Crippen MR) is 81.2 cm³/mol. The third kappa shape index (κ3) is 4.37. The molecule has 3 N–H and O–H groups in total. The van der Waals surface area contributed by atoms with Crippen LogP contribution in [0.25, 0.3) is 0 Å². The van der Waals surface area contributed by atoms with Crippen LogP contribution >= 0.6 is 0 Å². The lowest BCUT2D eigenvalue weighted by molar-refractivity contribution is -0.133. The van der Waals surface area contributed by atoms with E-state index < -0.39 is 5.92 Å². The number of hydrogen-bond acceptors (Lipinski definition) is 4. The molecule has 1 amide bonds. The van der Waals surface area contributed by atoms with Crippen molar-refractivity contribution in [3.63, 3.8) is 0 Å². The first-order chi connectivity index (χ1) is 9.90. The van der Waals surface area contributed by atoms with Crippen LogP contribution in [0.3, 0.4) is 0 Å². The molecule has 0 aliphatic carbocycles. The van der Waals surface area contributed by atoms with Crippen LogP contribution in [0.5, 0.6) is 5.75 Å². The van der Waals surface area contributed by atoms with Gasteiger partial charge in [0.2, 0.25) is 5.91 Å². The van der Waals surface area contributed by atoms with Crippen molar-refractivity contribution in [3.05, 3.63) is 29.8 Å². The maximum absolute atomic E-state index is 12.5. The van der Waals surface area contributed by atoms with Crippen LogP contribution in [0.15, 0.2) is 29.4 Å². The highest BCUT2D eigenvalue weighted by atomic mass is 16.5. The molecule has 1 aromatic rings. The van der Waals surface area contributed by atoms with Gasteiger partial charge >= 0.3 is 0 Å². The highest BCUT2D eigenvalue weighted by Crippen LogP contribution is 2.18. The number of carbonyl (C=O) groups is 1. The summed E-state index contributed by atoms with van der Waals surface area (Å²) in [5, 5.41) is 11.8. The van der Waals surface area contributed by atoms with Crippen LogP contribution in [-0.4, -0.2) is 36.0 Å². The molecule has 116 valence electrons. The molecule has 0 fully saturated rings. The number of ether oxygens (including phenoxy) is 1. The maximum Gasteiger partial charge on any atom is 0.233 e. The molecule has 21 heavy (non-hydrogen) atoms. The molecule has 0 saturated carbocycles. The molecule has 1 rings (SSSR count). The lowest BCUT2D eigenvalue weighted by Gasteiger charge is -2.25. The molecule has 6 heteroatoms. The number of amidine groups is 1. The number of methoxy groups -OCH3 is 1. The number of benzene rings is 1. The van der Waals surface area contributed by atoms with Crippen molar-refractivity contribution < 1.29 is 14.7 Å². The van der Waals surface area contributed by atoms with E-state index in [9.17, 15) is 4.79 Å². The first kappa shape index (κ1) is 16.8. The molecule has 0 radical (unpaired) electrons. The largest absolute Gasteiger partial charge is 0.497 e. The van der Waals surface area contributed by atoms with E-state index in [4.69, 9.17) is 15.7 Å². The fourth-order valence-corrected chi connectivity index (χ4v) is 2.18. The van der Waals surface area contributed by atoms with Gasteiger partial charge in [0.1, 0.15) is 11.7 Å². The number of nitrogens with two attached hydrogens (primary N) is 1. The zero-order valence-electron chi connectivity index (χ0n) is 12.9. The van der Waals surface area contributed by atoms with Crippen LogP contribution in [0.2, 0.25) is 0 Å². The van der Waals surface area contributed by atoms with Crippen molar-refractivity contribution in [2.45, 2.75) is 20.4 Å². The van der Waals surface area contributed by atoms with Crippen molar-refractivity contribution in [2.24, 2.45) is 22.7 Å². The second-order valence-electron chi connectivity index (χ2n) is 5.29. The van der Waals surface area contributed by atoms with Gasteiger partial charge in [0.25, 0.3) is 0 Å². The minimum absolute atomic E-state index is 0.0545. The Bertz CT molecular complexity index is 515. The molecule has 1 unspecified atom stereocenters. The summed E-state index contributed by atoms with van der Waals surface area (Å²) in [5.41, 5.74) is 6.58. The lowest BCUT2D eigenvalue weighted by atomic mass is 9.93. The zero-order valence-corrected chi connectivity index (χ0v) is 12.9. The van der Waals surface area contributed by atoms with Crippen molar-refractivity contribution in [1.82, 2.24) is 4.90 Å². The standard InChI is InChI=1S/C15H23N3O3/c1-10(2)13(14(16)17-20)15(19)18(3)9-11-6-5-7-12(8-11)21-4/h5-8,10,13,20H,9H2,1-4H3,(H2,16,17). The normalized spacial score (nSPS) is 13.1. The van der Waals surface area contributed by atoms with Gasteiger partial charge in [-0.25, -0.2) is 0 Å². The van der Waals surface area contributed by atoms with Gasteiger partial charge in [-0.15, -0.1) is 0 Å². The minimum Gasteiger partial charge on any atom is -0.497 e. The third-order valence-electron chi connectivity index (χ3n) is 3.30. The van der Waals surface area contributed by atoms with Gasteiger partial charge in [0, 0.05) is 13.6 Å². The Morgan fingerprint density at radius 2 is 2.14 bits per heavy atom.